The fourth-order valence-electron chi connectivity index (χ4n) is 2.43. The second kappa shape index (κ2) is 5.67. The standard InChI is InChI=1S/C17H13F3N2/c18-17(19,20)14-11-21-16(22-14)15(12-7-3-1-4-8-12)13-9-5-2-6-10-13/h1-11,15H,(H,21,22). The molecule has 2 aromatic carbocycles. The van der Waals surface area contributed by atoms with Gasteiger partial charge >= 0.3 is 6.18 Å². The van der Waals surface area contributed by atoms with Gasteiger partial charge in [-0.1, -0.05) is 60.7 Å². The summed E-state index contributed by atoms with van der Waals surface area (Å²) >= 11 is 0. The van der Waals surface area contributed by atoms with E-state index in [1.165, 1.54) is 0 Å². The molecule has 22 heavy (non-hydrogen) atoms. The molecule has 0 unspecified atom stereocenters. The molecule has 0 bridgehead atoms. The Hall–Kier alpha value is -2.56. The zero-order valence-corrected chi connectivity index (χ0v) is 11.5. The second-order valence-electron chi connectivity index (χ2n) is 4.93. The Bertz CT molecular complexity index is 694. The van der Waals surface area contributed by atoms with Gasteiger partial charge in [0, 0.05) is 0 Å². The highest BCUT2D eigenvalue weighted by Crippen LogP contribution is 2.33. The molecule has 0 aliphatic carbocycles. The summed E-state index contributed by atoms with van der Waals surface area (Å²) in [6.45, 7) is 0. The van der Waals surface area contributed by atoms with Crippen LogP contribution in [0.15, 0.2) is 66.9 Å². The largest absolute Gasteiger partial charge is 0.432 e. The van der Waals surface area contributed by atoms with E-state index in [0.29, 0.717) is 0 Å². The topological polar surface area (TPSA) is 28.7 Å². The molecule has 0 amide bonds. The van der Waals surface area contributed by atoms with Gasteiger partial charge in [-0.05, 0) is 11.1 Å². The normalized spacial score (nSPS) is 11.8. The van der Waals surface area contributed by atoms with Crippen molar-refractivity contribution in [2.45, 2.75) is 12.1 Å². The average Bonchev–Trinajstić information content (AvgIpc) is 2.99. The Morgan fingerprint density at radius 1 is 0.818 bits per heavy atom. The minimum absolute atomic E-state index is 0.282. The van der Waals surface area contributed by atoms with Crippen LogP contribution < -0.4 is 0 Å². The lowest BCUT2D eigenvalue weighted by molar-refractivity contribution is -0.140. The van der Waals surface area contributed by atoms with Crippen molar-refractivity contribution >= 4 is 0 Å². The predicted octanol–water partition coefficient (Wildman–Crippen LogP) is 4.61. The van der Waals surface area contributed by atoms with Crippen molar-refractivity contribution in [3.8, 4) is 0 Å². The van der Waals surface area contributed by atoms with Gasteiger partial charge in [-0.15, -0.1) is 0 Å². The molecule has 1 heterocycles. The van der Waals surface area contributed by atoms with Crippen LogP contribution in [0.4, 0.5) is 13.2 Å². The number of nitrogens with one attached hydrogen (secondary N) is 1. The van der Waals surface area contributed by atoms with Crippen molar-refractivity contribution in [2.24, 2.45) is 0 Å². The lowest BCUT2D eigenvalue weighted by Crippen LogP contribution is -2.08. The number of aromatic amines is 1. The minimum Gasteiger partial charge on any atom is -0.338 e. The molecule has 3 rings (SSSR count). The van der Waals surface area contributed by atoms with E-state index in [4.69, 9.17) is 0 Å². The van der Waals surface area contributed by atoms with Crippen LogP contribution in [0.5, 0.6) is 0 Å². The van der Waals surface area contributed by atoms with Crippen LogP contribution in [0.1, 0.15) is 28.6 Å². The number of halogens is 3. The monoisotopic (exact) mass is 302 g/mol. The fourth-order valence-corrected chi connectivity index (χ4v) is 2.43. The number of hydrogen-bond donors (Lipinski definition) is 1. The average molecular weight is 302 g/mol. The highest BCUT2D eigenvalue weighted by atomic mass is 19.4. The molecule has 0 saturated carbocycles. The lowest BCUT2D eigenvalue weighted by Gasteiger charge is -2.16. The number of H-pyrrole nitrogens is 1. The third kappa shape index (κ3) is 2.88. The van der Waals surface area contributed by atoms with E-state index in [9.17, 15) is 13.2 Å². The Kier molecular flexibility index (Phi) is 3.71. The van der Waals surface area contributed by atoms with Gasteiger partial charge < -0.3 is 4.98 Å². The van der Waals surface area contributed by atoms with Gasteiger partial charge in [-0.2, -0.15) is 13.2 Å². The van der Waals surface area contributed by atoms with Gasteiger partial charge in [-0.25, -0.2) is 4.98 Å². The minimum atomic E-state index is -4.43. The highest BCUT2D eigenvalue weighted by Gasteiger charge is 2.34. The smallest absolute Gasteiger partial charge is 0.338 e. The first-order chi connectivity index (χ1) is 10.6. The number of hydrogen-bond acceptors (Lipinski definition) is 1. The van der Waals surface area contributed by atoms with Gasteiger partial charge in [0.15, 0.2) is 0 Å². The molecule has 0 aliphatic heterocycles. The Balaban J connectivity index is 2.09. The molecular formula is C17H13F3N2. The third-order valence-corrected chi connectivity index (χ3v) is 3.44. The van der Waals surface area contributed by atoms with Crippen LogP contribution in [0, 0.1) is 0 Å². The summed E-state index contributed by atoms with van der Waals surface area (Å²) in [5, 5.41) is 0. The van der Waals surface area contributed by atoms with Gasteiger partial charge in [0.2, 0.25) is 0 Å². The molecular weight excluding hydrogens is 289 g/mol. The van der Waals surface area contributed by atoms with Crippen molar-refractivity contribution in [3.05, 3.63) is 89.5 Å². The van der Waals surface area contributed by atoms with Crippen molar-refractivity contribution < 1.29 is 13.2 Å². The summed E-state index contributed by atoms with van der Waals surface area (Å²) in [6, 6.07) is 18.7. The third-order valence-electron chi connectivity index (χ3n) is 3.44. The van der Waals surface area contributed by atoms with Crippen LogP contribution in [0.2, 0.25) is 0 Å². The Labute approximate surface area is 125 Å². The van der Waals surface area contributed by atoms with Crippen LogP contribution in [0.25, 0.3) is 0 Å². The Morgan fingerprint density at radius 3 is 1.73 bits per heavy atom. The molecule has 0 atom stereocenters. The van der Waals surface area contributed by atoms with E-state index in [2.05, 4.69) is 9.97 Å². The number of rotatable bonds is 3. The number of nitrogens with zero attached hydrogens (tertiary/aromatic N) is 1. The molecule has 0 fully saturated rings. The first-order valence-electron chi connectivity index (χ1n) is 6.77. The first-order valence-corrected chi connectivity index (χ1v) is 6.77. The van der Waals surface area contributed by atoms with Gasteiger partial charge in [0.1, 0.15) is 11.5 Å². The van der Waals surface area contributed by atoms with E-state index in [1.807, 2.05) is 60.7 Å². The van der Waals surface area contributed by atoms with E-state index < -0.39 is 11.9 Å². The number of imidazole rings is 1. The highest BCUT2D eigenvalue weighted by molar-refractivity contribution is 5.38. The molecule has 0 spiro atoms. The quantitative estimate of drug-likeness (QED) is 0.752. The molecule has 112 valence electrons. The number of aromatic nitrogens is 2. The SMILES string of the molecule is FC(F)(F)c1cnc(C(c2ccccc2)c2ccccc2)[nH]1. The summed E-state index contributed by atoms with van der Waals surface area (Å²) in [4.78, 5) is 6.37. The molecule has 0 saturated heterocycles. The summed E-state index contributed by atoms with van der Waals surface area (Å²) in [7, 11) is 0. The van der Waals surface area contributed by atoms with E-state index in [1.54, 1.807) is 0 Å². The van der Waals surface area contributed by atoms with Crippen molar-refractivity contribution in [1.82, 2.24) is 9.97 Å². The predicted molar refractivity (Wildman–Crippen MR) is 77.4 cm³/mol. The summed E-state index contributed by atoms with van der Waals surface area (Å²) < 4.78 is 38.4. The van der Waals surface area contributed by atoms with Crippen LogP contribution >= 0.6 is 0 Å². The second-order valence-corrected chi connectivity index (χ2v) is 4.93. The molecule has 2 nitrogen and oxygen atoms in total. The molecule has 1 aromatic heterocycles. The van der Waals surface area contributed by atoms with E-state index >= 15 is 0 Å². The van der Waals surface area contributed by atoms with E-state index in [-0.39, 0.29) is 11.7 Å². The molecule has 3 aromatic rings. The fraction of sp³-hybridized carbons (Fsp3) is 0.118. The molecule has 0 radical (unpaired) electrons. The van der Waals surface area contributed by atoms with E-state index in [0.717, 1.165) is 17.3 Å². The Morgan fingerprint density at radius 2 is 1.32 bits per heavy atom. The number of alkyl halides is 3. The van der Waals surface area contributed by atoms with Crippen LogP contribution in [-0.2, 0) is 6.18 Å². The van der Waals surface area contributed by atoms with Gasteiger partial charge in [-0.3, -0.25) is 0 Å². The first kappa shape index (κ1) is 14.4. The number of benzene rings is 2. The van der Waals surface area contributed by atoms with Crippen LogP contribution in [0.3, 0.4) is 0 Å². The van der Waals surface area contributed by atoms with Crippen molar-refractivity contribution in [1.29, 1.82) is 0 Å². The lowest BCUT2D eigenvalue weighted by atomic mass is 9.91. The van der Waals surface area contributed by atoms with Gasteiger partial charge in [0.25, 0.3) is 0 Å². The maximum Gasteiger partial charge on any atom is 0.432 e. The molecule has 5 heteroatoms. The zero-order chi connectivity index (χ0) is 15.6. The van der Waals surface area contributed by atoms with Crippen molar-refractivity contribution in [2.75, 3.05) is 0 Å². The summed E-state index contributed by atoms with van der Waals surface area (Å²) in [5.41, 5.74) is 0.938. The summed E-state index contributed by atoms with van der Waals surface area (Å²) in [6.07, 6.45) is -3.59. The van der Waals surface area contributed by atoms with Gasteiger partial charge in [0.05, 0.1) is 12.1 Å². The molecule has 1 N–H and O–H groups in total. The zero-order valence-electron chi connectivity index (χ0n) is 11.5. The maximum absolute atomic E-state index is 12.8. The molecule has 0 aliphatic rings. The summed E-state index contributed by atoms with van der Waals surface area (Å²) in [5.74, 6) is -0.0803. The van der Waals surface area contributed by atoms with Crippen molar-refractivity contribution in [3.63, 3.8) is 0 Å². The maximum atomic E-state index is 12.8. The van der Waals surface area contributed by atoms with Crippen LogP contribution in [-0.4, -0.2) is 9.97 Å².